The van der Waals surface area contributed by atoms with Gasteiger partial charge in [0.15, 0.2) is 9.84 Å². The fourth-order valence-electron chi connectivity index (χ4n) is 2.69. The summed E-state index contributed by atoms with van der Waals surface area (Å²) >= 11 is 0. The highest BCUT2D eigenvalue weighted by Crippen LogP contribution is 2.18. The van der Waals surface area contributed by atoms with E-state index in [9.17, 15) is 13.2 Å². The lowest BCUT2D eigenvalue weighted by molar-refractivity contribution is 0.0919. The number of hydrogen-bond acceptors (Lipinski definition) is 3. The minimum Gasteiger partial charge on any atom is -0.347 e. The first-order valence-corrected chi connectivity index (χ1v) is 11.6. The highest BCUT2D eigenvalue weighted by molar-refractivity contribution is 7.92. The number of aryl methyl sites for hydroxylation is 1. The number of rotatable bonds is 9. The summed E-state index contributed by atoms with van der Waals surface area (Å²) in [6, 6.07) is 7.81. The van der Waals surface area contributed by atoms with Crippen LogP contribution in [0.15, 0.2) is 24.3 Å². The quantitative estimate of drug-likeness (QED) is 0.604. The zero-order valence-electron chi connectivity index (χ0n) is 17.9. The Morgan fingerprint density at radius 1 is 0.852 bits per heavy atom. The molecule has 0 aliphatic carbocycles. The van der Waals surface area contributed by atoms with Gasteiger partial charge >= 0.3 is 0 Å². The monoisotopic (exact) mass is 395 g/mol. The Morgan fingerprint density at radius 3 is 1.89 bits per heavy atom. The molecule has 27 heavy (non-hydrogen) atoms. The number of unbranched alkanes of at least 4 members (excludes halogenated alkanes) is 4. The highest BCUT2D eigenvalue weighted by Gasteiger charge is 2.27. The molecule has 1 N–H and O–H groups in total. The topological polar surface area (TPSA) is 63.2 Å². The van der Waals surface area contributed by atoms with E-state index >= 15 is 0 Å². The molecular weight excluding hydrogens is 358 g/mol. The van der Waals surface area contributed by atoms with Gasteiger partial charge in [-0.15, -0.1) is 0 Å². The first-order valence-electron chi connectivity index (χ1n) is 9.96. The zero-order valence-corrected chi connectivity index (χ0v) is 18.7. The summed E-state index contributed by atoms with van der Waals surface area (Å²) in [7, 11) is -2.99. The van der Waals surface area contributed by atoms with E-state index in [2.05, 4.69) is 5.32 Å². The number of carbonyl (C=O) groups is 1. The summed E-state index contributed by atoms with van der Waals surface area (Å²) in [6.45, 7) is 11.2. The highest BCUT2D eigenvalue weighted by atomic mass is 32.2. The van der Waals surface area contributed by atoms with Crippen LogP contribution in [0.5, 0.6) is 0 Å². The standard InChI is InChI=1S/C22H37NO3S/c1-21(2,3)23-20(24)19-15-13-18(14-16-19)12-10-8-7-9-11-17-27(25,26)22(4,5)6/h13-16H,7-12,17H2,1-6H3,(H,23,24). The molecule has 0 radical (unpaired) electrons. The van der Waals surface area contributed by atoms with Crippen LogP contribution in [0, 0.1) is 0 Å². The van der Waals surface area contributed by atoms with Gasteiger partial charge in [0, 0.05) is 11.1 Å². The van der Waals surface area contributed by atoms with Gasteiger partial charge in [-0.3, -0.25) is 4.79 Å². The second kappa shape index (κ2) is 9.72. The van der Waals surface area contributed by atoms with Crippen molar-refractivity contribution in [1.82, 2.24) is 5.32 Å². The normalized spacial score (nSPS) is 12.8. The third-order valence-electron chi connectivity index (χ3n) is 4.52. The second-order valence-corrected chi connectivity index (χ2v) is 12.2. The molecule has 0 fully saturated rings. The molecule has 0 saturated heterocycles. The molecule has 0 aromatic heterocycles. The van der Waals surface area contributed by atoms with Gasteiger partial charge in [0.1, 0.15) is 0 Å². The molecule has 0 spiro atoms. The molecule has 4 nitrogen and oxygen atoms in total. The van der Waals surface area contributed by atoms with E-state index in [1.165, 1.54) is 5.56 Å². The van der Waals surface area contributed by atoms with Gasteiger partial charge in [-0.25, -0.2) is 8.42 Å². The van der Waals surface area contributed by atoms with Crippen LogP contribution in [0.25, 0.3) is 0 Å². The SMILES string of the molecule is CC(C)(C)NC(=O)c1ccc(CCCCCCCS(=O)(=O)C(C)(C)C)cc1. The van der Waals surface area contributed by atoms with Crippen molar-refractivity contribution in [2.75, 3.05) is 5.75 Å². The molecule has 0 unspecified atom stereocenters. The minimum atomic E-state index is -2.99. The predicted octanol–water partition coefficient (Wildman–Crippen LogP) is 4.92. The third-order valence-corrected chi connectivity index (χ3v) is 7.21. The first-order chi connectivity index (χ1) is 12.3. The largest absolute Gasteiger partial charge is 0.347 e. The molecule has 1 rings (SSSR count). The van der Waals surface area contributed by atoms with Crippen molar-refractivity contribution in [3.63, 3.8) is 0 Å². The molecule has 1 aromatic rings. The summed E-state index contributed by atoms with van der Waals surface area (Å²) in [5.74, 6) is 0.244. The number of hydrogen-bond donors (Lipinski definition) is 1. The van der Waals surface area contributed by atoms with E-state index < -0.39 is 14.6 Å². The van der Waals surface area contributed by atoms with Crippen molar-refractivity contribution in [3.8, 4) is 0 Å². The van der Waals surface area contributed by atoms with Crippen LogP contribution in [-0.2, 0) is 16.3 Å². The molecule has 0 aliphatic heterocycles. The second-order valence-electron chi connectivity index (χ2n) is 9.35. The lowest BCUT2D eigenvalue weighted by atomic mass is 10.0. The molecule has 5 heteroatoms. The predicted molar refractivity (Wildman–Crippen MR) is 114 cm³/mol. The zero-order chi connectivity index (χ0) is 20.7. The minimum absolute atomic E-state index is 0.0424. The van der Waals surface area contributed by atoms with E-state index in [4.69, 9.17) is 0 Å². The fraction of sp³-hybridized carbons (Fsp3) is 0.682. The van der Waals surface area contributed by atoms with E-state index in [0.717, 1.165) is 38.5 Å². The lowest BCUT2D eigenvalue weighted by Gasteiger charge is -2.20. The van der Waals surface area contributed by atoms with Crippen LogP contribution >= 0.6 is 0 Å². The van der Waals surface area contributed by atoms with Crippen LogP contribution in [0.4, 0.5) is 0 Å². The summed E-state index contributed by atoms with van der Waals surface area (Å²) in [6.07, 6.45) is 5.94. The van der Waals surface area contributed by atoms with Gasteiger partial charge in [0.05, 0.1) is 10.5 Å². The van der Waals surface area contributed by atoms with Crippen LogP contribution in [0.2, 0.25) is 0 Å². The molecule has 154 valence electrons. The molecule has 1 amide bonds. The summed E-state index contributed by atoms with van der Waals surface area (Å²) in [4.78, 5) is 12.1. The summed E-state index contributed by atoms with van der Waals surface area (Å²) in [5, 5.41) is 2.96. The van der Waals surface area contributed by atoms with Gasteiger partial charge < -0.3 is 5.32 Å². The maximum atomic E-state index is 12.1. The Bertz CT molecular complexity index is 693. The Kier molecular flexibility index (Phi) is 8.52. The Morgan fingerprint density at radius 2 is 1.37 bits per heavy atom. The average Bonchev–Trinajstić information content (AvgIpc) is 2.51. The van der Waals surface area contributed by atoms with Crippen LogP contribution < -0.4 is 5.32 Å². The van der Waals surface area contributed by atoms with Gasteiger partial charge in [-0.05, 0) is 78.5 Å². The van der Waals surface area contributed by atoms with Gasteiger partial charge in [0.2, 0.25) is 0 Å². The van der Waals surface area contributed by atoms with Gasteiger partial charge in [-0.2, -0.15) is 0 Å². The van der Waals surface area contributed by atoms with Crippen molar-refractivity contribution in [1.29, 1.82) is 0 Å². The summed E-state index contributed by atoms with van der Waals surface area (Å²) in [5.41, 5.74) is 1.69. The van der Waals surface area contributed by atoms with Crippen molar-refractivity contribution in [2.24, 2.45) is 0 Å². The molecule has 0 saturated carbocycles. The molecule has 0 heterocycles. The van der Waals surface area contributed by atoms with Crippen LogP contribution in [0.1, 0.15) is 89.6 Å². The van der Waals surface area contributed by atoms with E-state index in [0.29, 0.717) is 5.56 Å². The fourth-order valence-corrected chi connectivity index (χ4v) is 3.89. The van der Waals surface area contributed by atoms with E-state index in [-0.39, 0.29) is 17.2 Å². The lowest BCUT2D eigenvalue weighted by Crippen LogP contribution is -2.40. The van der Waals surface area contributed by atoms with E-state index in [1.807, 2.05) is 45.0 Å². The van der Waals surface area contributed by atoms with Crippen LogP contribution in [-0.4, -0.2) is 30.4 Å². The Hall–Kier alpha value is -1.36. The Balaban J connectivity index is 2.27. The smallest absolute Gasteiger partial charge is 0.251 e. The number of nitrogens with one attached hydrogen (secondary N) is 1. The number of amides is 1. The van der Waals surface area contributed by atoms with Crippen molar-refractivity contribution >= 4 is 15.7 Å². The van der Waals surface area contributed by atoms with Gasteiger partial charge in [-0.1, -0.05) is 31.4 Å². The molecule has 0 aliphatic rings. The van der Waals surface area contributed by atoms with Crippen molar-refractivity contribution in [2.45, 2.75) is 90.4 Å². The van der Waals surface area contributed by atoms with Crippen molar-refractivity contribution in [3.05, 3.63) is 35.4 Å². The van der Waals surface area contributed by atoms with Crippen LogP contribution in [0.3, 0.4) is 0 Å². The number of carbonyl (C=O) groups excluding carboxylic acids is 1. The molecule has 1 aromatic carbocycles. The maximum Gasteiger partial charge on any atom is 0.251 e. The van der Waals surface area contributed by atoms with E-state index in [1.54, 1.807) is 20.8 Å². The number of benzene rings is 1. The van der Waals surface area contributed by atoms with Gasteiger partial charge in [0.25, 0.3) is 5.91 Å². The third kappa shape index (κ3) is 8.91. The molecule has 0 bridgehead atoms. The average molecular weight is 396 g/mol. The molecule has 0 atom stereocenters. The van der Waals surface area contributed by atoms with Crippen molar-refractivity contribution < 1.29 is 13.2 Å². The summed E-state index contributed by atoms with van der Waals surface area (Å²) < 4.78 is 23.4. The number of sulfone groups is 1. The molecular formula is C22H37NO3S. The Labute approximate surface area is 166 Å². The maximum absolute atomic E-state index is 12.1. The first kappa shape index (κ1) is 23.7.